The molecule has 0 unspecified atom stereocenters. The van der Waals surface area contributed by atoms with E-state index < -0.39 is 0 Å². The second-order valence-electron chi connectivity index (χ2n) is 6.64. The number of benzene rings is 1. The fraction of sp³-hybridized carbons (Fsp3) is 0.316. The maximum atomic E-state index is 11.3. The predicted octanol–water partition coefficient (Wildman–Crippen LogP) is 2.11. The summed E-state index contributed by atoms with van der Waals surface area (Å²) in [4.78, 5) is 25.2. The lowest BCUT2D eigenvalue weighted by molar-refractivity contribution is -0.114. The largest absolute Gasteiger partial charge is 0.351 e. The molecule has 2 aromatic heterocycles. The summed E-state index contributed by atoms with van der Waals surface area (Å²) in [5, 5.41) is 2.83. The molecule has 26 heavy (non-hydrogen) atoms. The van der Waals surface area contributed by atoms with Crippen molar-refractivity contribution in [1.29, 1.82) is 0 Å². The number of fused-ring (bicyclic) bond motifs is 1. The number of hydrogen-bond donors (Lipinski definition) is 1. The lowest BCUT2D eigenvalue weighted by Crippen LogP contribution is -2.45. The zero-order valence-corrected chi connectivity index (χ0v) is 15.0. The number of nitrogens with zero attached hydrogens (tertiary/aromatic N) is 5. The Kier molecular flexibility index (Phi) is 4.30. The molecule has 1 aliphatic rings. The highest BCUT2D eigenvalue weighted by Gasteiger charge is 2.19. The maximum Gasteiger partial charge on any atom is 0.221 e. The van der Waals surface area contributed by atoms with Crippen molar-refractivity contribution >= 4 is 23.1 Å². The van der Waals surface area contributed by atoms with Gasteiger partial charge in [0.1, 0.15) is 0 Å². The van der Waals surface area contributed by atoms with Crippen LogP contribution in [-0.2, 0) is 4.79 Å². The van der Waals surface area contributed by atoms with Crippen LogP contribution in [-0.4, -0.2) is 58.4 Å². The van der Waals surface area contributed by atoms with Crippen molar-refractivity contribution in [2.75, 3.05) is 43.4 Å². The maximum absolute atomic E-state index is 11.3. The van der Waals surface area contributed by atoms with Gasteiger partial charge in [0.25, 0.3) is 0 Å². The molecule has 1 aliphatic heterocycles. The summed E-state index contributed by atoms with van der Waals surface area (Å²) in [5.74, 6) is 0.840. The van der Waals surface area contributed by atoms with Crippen LogP contribution >= 0.6 is 0 Å². The van der Waals surface area contributed by atoms with Gasteiger partial charge >= 0.3 is 0 Å². The summed E-state index contributed by atoms with van der Waals surface area (Å²) in [6.07, 6.45) is 5.62. The Bertz CT molecular complexity index is 942. The number of anilines is 2. The van der Waals surface area contributed by atoms with E-state index in [1.807, 2.05) is 42.9 Å². The lowest BCUT2D eigenvalue weighted by atomic mass is 10.1. The molecule has 0 spiro atoms. The van der Waals surface area contributed by atoms with Gasteiger partial charge in [-0.05, 0) is 19.2 Å². The molecule has 0 aliphatic carbocycles. The van der Waals surface area contributed by atoms with Gasteiger partial charge < -0.3 is 15.1 Å². The van der Waals surface area contributed by atoms with Gasteiger partial charge in [-0.25, -0.2) is 9.97 Å². The number of imidazole rings is 1. The Labute approximate surface area is 152 Å². The van der Waals surface area contributed by atoms with Crippen molar-refractivity contribution < 1.29 is 4.79 Å². The summed E-state index contributed by atoms with van der Waals surface area (Å²) >= 11 is 0. The van der Waals surface area contributed by atoms with Crippen LogP contribution < -0.4 is 10.2 Å². The molecule has 7 heteroatoms. The van der Waals surface area contributed by atoms with Crippen LogP contribution in [0.5, 0.6) is 0 Å². The SMILES string of the molecule is CC(=O)Nc1cccc(-c2cnc3c(N4CCN(C)CC4)nccn23)c1. The van der Waals surface area contributed by atoms with Gasteiger partial charge in [-0.3, -0.25) is 9.20 Å². The number of piperazine rings is 1. The van der Waals surface area contributed by atoms with Gasteiger partial charge in [-0.2, -0.15) is 0 Å². The lowest BCUT2D eigenvalue weighted by Gasteiger charge is -2.33. The van der Waals surface area contributed by atoms with E-state index in [0.717, 1.165) is 54.6 Å². The van der Waals surface area contributed by atoms with E-state index in [4.69, 9.17) is 0 Å². The van der Waals surface area contributed by atoms with E-state index in [2.05, 4.69) is 36.5 Å². The van der Waals surface area contributed by atoms with Crippen LogP contribution in [0.2, 0.25) is 0 Å². The second-order valence-corrected chi connectivity index (χ2v) is 6.64. The number of carbonyl (C=O) groups excluding carboxylic acids is 1. The molecule has 3 heterocycles. The molecule has 0 atom stereocenters. The molecule has 0 bridgehead atoms. The molecule has 0 saturated carbocycles. The molecule has 1 N–H and O–H groups in total. The predicted molar refractivity (Wildman–Crippen MR) is 102 cm³/mol. The smallest absolute Gasteiger partial charge is 0.221 e. The molecular formula is C19H22N6O. The Balaban J connectivity index is 1.72. The van der Waals surface area contributed by atoms with Crippen molar-refractivity contribution in [2.45, 2.75) is 6.92 Å². The first-order valence-corrected chi connectivity index (χ1v) is 8.75. The van der Waals surface area contributed by atoms with Gasteiger partial charge in [0.05, 0.1) is 11.9 Å². The molecule has 134 valence electrons. The van der Waals surface area contributed by atoms with Gasteiger partial charge in [0, 0.05) is 56.7 Å². The highest BCUT2D eigenvalue weighted by atomic mass is 16.1. The monoisotopic (exact) mass is 350 g/mol. The number of carbonyl (C=O) groups is 1. The number of amides is 1. The fourth-order valence-corrected chi connectivity index (χ4v) is 3.32. The molecule has 1 saturated heterocycles. The molecule has 7 nitrogen and oxygen atoms in total. The first-order valence-electron chi connectivity index (χ1n) is 8.75. The summed E-state index contributed by atoms with van der Waals surface area (Å²) in [6.45, 7) is 5.45. The van der Waals surface area contributed by atoms with Crippen molar-refractivity contribution in [3.8, 4) is 11.3 Å². The Morgan fingerprint density at radius 1 is 1.15 bits per heavy atom. The number of aromatic nitrogens is 3. The third-order valence-corrected chi connectivity index (χ3v) is 4.69. The molecule has 0 radical (unpaired) electrons. The third kappa shape index (κ3) is 3.13. The van der Waals surface area contributed by atoms with Crippen molar-refractivity contribution in [3.05, 3.63) is 42.9 Å². The molecule has 1 fully saturated rings. The third-order valence-electron chi connectivity index (χ3n) is 4.69. The minimum atomic E-state index is -0.0816. The summed E-state index contributed by atoms with van der Waals surface area (Å²) < 4.78 is 2.06. The van der Waals surface area contributed by atoms with Crippen LogP contribution in [0.1, 0.15) is 6.92 Å². The van der Waals surface area contributed by atoms with E-state index in [-0.39, 0.29) is 5.91 Å². The average molecular weight is 350 g/mol. The Hall–Kier alpha value is -2.93. The number of likely N-dealkylation sites (N-methyl/N-ethyl adjacent to an activating group) is 1. The second kappa shape index (κ2) is 6.76. The zero-order chi connectivity index (χ0) is 18.1. The average Bonchev–Trinajstić information content (AvgIpc) is 3.06. The number of rotatable bonds is 3. The minimum absolute atomic E-state index is 0.0816. The molecular weight excluding hydrogens is 328 g/mol. The van der Waals surface area contributed by atoms with Gasteiger partial charge in [-0.15, -0.1) is 0 Å². The van der Waals surface area contributed by atoms with E-state index in [0.29, 0.717) is 0 Å². The standard InChI is InChI=1S/C19H22N6O/c1-14(26)22-16-5-3-4-15(12-16)17-13-21-19-18(20-6-7-25(17)19)24-10-8-23(2)9-11-24/h3-7,12-13H,8-11H2,1-2H3,(H,22,26). The quantitative estimate of drug-likeness (QED) is 0.784. The number of hydrogen-bond acceptors (Lipinski definition) is 5. The van der Waals surface area contributed by atoms with Gasteiger partial charge in [0.2, 0.25) is 5.91 Å². The van der Waals surface area contributed by atoms with Crippen molar-refractivity contribution in [3.63, 3.8) is 0 Å². The normalized spacial score (nSPS) is 15.4. The fourth-order valence-electron chi connectivity index (χ4n) is 3.32. The van der Waals surface area contributed by atoms with Crippen LogP contribution in [0.15, 0.2) is 42.9 Å². The van der Waals surface area contributed by atoms with E-state index in [1.54, 1.807) is 0 Å². The summed E-state index contributed by atoms with van der Waals surface area (Å²) in [5.41, 5.74) is 3.61. The Morgan fingerprint density at radius 2 is 1.96 bits per heavy atom. The van der Waals surface area contributed by atoms with E-state index in [9.17, 15) is 4.79 Å². The first-order chi connectivity index (χ1) is 12.6. The Morgan fingerprint density at radius 3 is 2.73 bits per heavy atom. The highest BCUT2D eigenvalue weighted by molar-refractivity contribution is 5.89. The van der Waals surface area contributed by atoms with Crippen LogP contribution in [0, 0.1) is 0 Å². The number of nitrogens with one attached hydrogen (secondary N) is 1. The molecule has 1 amide bonds. The summed E-state index contributed by atoms with van der Waals surface area (Å²) in [6, 6.07) is 7.79. The molecule has 1 aromatic carbocycles. The summed E-state index contributed by atoms with van der Waals surface area (Å²) in [7, 11) is 2.14. The van der Waals surface area contributed by atoms with Gasteiger partial charge in [0.15, 0.2) is 11.5 Å². The van der Waals surface area contributed by atoms with E-state index in [1.165, 1.54) is 6.92 Å². The molecule has 3 aromatic rings. The van der Waals surface area contributed by atoms with Crippen LogP contribution in [0.25, 0.3) is 16.9 Å². The highest BCUT2D eigenvalue weighted by Crippen LogP contribution is 2.27. The minimum Gasteiger partial charge on any atom is -0.351 e. The van der Waals surface area contributed by atoms with Crippen molar-refractivity contribution in [1.82, 2.24) is 19.3 Å². The molecule has 4 rings (SSSR count). The van der Waals surface area contributed by atoms with Gasteiger partial charge in [-0.1, -0.05) is 12.1 Å². The topological polar surface area (TPSA) is 65.8 Å². The van der Waals surface area contributed by atoms with Crippen LogP contribution in [0.3, 0.4) is 0 Å². The zero-order valence-electron chi connectivity index (χ0n) is 15.0. The van der Waals surface area contributed by atoms with Crippen molar-refractivity contribution in [2.24, 2.45) is 0 Å². The van der Waals surface area contributed by atoms with E-state index >= 15 is 0 Å². The van der Waals surface area contributed by atoms with Crippen LogP contribution in [0.4, 0.5) is 11.5 Å². The first kappa shape index (κ1) is 16.5.